The predicted octanol–water partition coefficient (Wildman–Crippen LogP) is 5.38. The Morgan fingerprint density at radius 2 is 2.00 bits per heavy atom. The number of thiophene rings is 1. The lowest BCUT2D eigenvalue weighted by Gasteiger charge is -2.20. The van der Waals surface area contributed by atoms with Crippen LogP contribution in [0.15, 0.2) is 34.2 Å². The zero-order valence-corrected chi connectivity index (χ0v) is 20.6. The fourth-order valence-corrected chi connectivity index (χ4v) is 8.14. The molecule has 2 aromatic heterocycles. The number of rotatable bonds is 4. The number of hydrogen-bond donors (Lipinski definition) is 0. The quantitative estimate of drug-likeness (QED) is 0.372. The molecule has 1 fully saturated rings. The number of carbonyl (C=O) groups excluding carboxylic acids is 1. The number of aromatic nitrogens is 2. The van der Waals surface area contributed by atoms with Crippen molar-refractivity contribution in [2.75, 3.05) is 17.2 Å². The van der Waals surface area contributed by atoms with Gasteiger partial charge in [0.2, 0.25) is 5.91 Å². The first-order valence-electron chi connectivity index (χ1n) is 12.2. The number of benzene rings is 1. The molecule has 5 nitrogen and oxygen atoms in total. The second-order valence-electron chi connectivity index (χ2n) is 9.75. The number of anilines is 1. The van der Waals surface area contributed by atoms with Crippen molar-refractivity contribution in [1.29, 1.82) is 0 Å². The molecule has 0 N–H and O–H groups in total. The van der Waals surface area contributed by atoms with E-state index < -0.39 is 0 Å². The van der Waals surface area contributed by atoms with E-state index in [-0.39, 0.29) is 17.5 Å². The van der Waals surface area contributed by atoms with Crippen LogP contribution in [0.25, 0.3) is 10.2 Å². The minimum atomic E-state index is 0.0940. The Bertz CT molecular complexity index is 1290. The van der Waals surface area contributed by atoms with Gasteiger partial charge >= 0.3 is 0 Å². The minimum absolute atomic E-state index is 0.0940. The third-order valence-corrected chi connectivity index (χ3v) is 9.62. The topological polar surface area (TPSA) is 55.2 Å². The van der Waals surface area contributed by atoms with Crippen LogP contribution in [-0.2, 0) is 24.1 Å². The highest BCUT2D eigenvalue weighted by atomic mass is 32.2. The van der Waals surface area contributed by atoms with Gasteiger partial charge in [-0.3, -0.25) is 14.2 Å². The summed E-state index contributed by atoms with van der Waals surface area (Å²) in [7, 11) is 0. The molecule has 6 rings (SSSR count). The SMILES string of the molecule is CC1CCc2c(sc3nc(SCC(=O)N4CCc5ccccc54)n(C4CCCC4)c(=O)c23)C1. The average Bonchev–Trinajstić information content (AvgIpc) is 3.55. The summed E-state index contributed by atoms with van der Waals surface area (Å²) in [6.45, 7) is 3.03. The molecule has 3 aliphatic rings. The van der Waals surface area contributed by atoms with Gasteiger partial charge in [0.1, 0.15) is 4.83 Å². The normalized spacial score (nSPS) is 20.4. The van der Waals surface area contributed by atoms with Crippen LogP contribution in [0.1, 0.15) is 61.1 Å². The van der Waals surface area contributed by atoms with Crippen molar-refractivity contribution in [2.24, 2.45) is 5.92 Å². The monoisotopic (exact) mass is 479 g/mol. The number of para-hydroxylation sites is 1. The highest BCUT2D eigenvalue weighted by molar-refractivity contribution is 7.99. The van der Waals surface area contributed by atoms with Gasteiger partial charge in [-0.05, 0) is 61.6 Å². The third-order valence-electron chi connectivity index (χ3n) is 7.53. The smallest absolute Gasteiger partial charge is 0.263 e. The zero-order chi connectivity index (χ0) is 22.5. The number of amides is 1. The van der Waals surface area contributed by atoms with Gasteiger partial charge < -0.3 is 4.90 Å². The number of aryl methyl sites for hydroxylation is 1. The van der Waals surface area contributed by atoms with Crippen molar-refractivity contribution in [1.82, 2.24) is 9.55 Å². The van der Waals surface area contributed by atoms with Crippen molar-refractivity contribution in [3.8, 4) is 0 Å². The molecular formula is C26H29N3O2S2. The highest BCUT2D eigenvalue weighted by Crippen LogP contribution is 2.39. The molecule has 1 atom stereocenters. The summed E-state index contributed by atoms with van der Waals surface area (Å²) in [6.07, 6.45) is 8.44. The molecule has 1 aliphatic heterocycles. The number of carbonyl (C=O) groups is 1. The summed E-state index contributed by atoms with van der Waals surface area (Å²) in [5.41, 5.74) is 3.63. The molecule has 3 aromatic rings. The van der Waals surface area contributed by atoms with Gasteiger partial charge in [-0.25, -0.2) is 4.98 Å². The second-order valence-corrected chi connectivity index (χ2v) is 11.8. The molecule has 0 saturated heterocycles. The van der Waals surface area contributed by atoms with Crippen molar-refractivity contribution in [3.05, 3.63) is 50.6 Å². The lowest BCUT2D eigenvalue weighted by Crippen LogP contribution is -2.31. The van der Waals surface area contributed by atoms with Gasteiger partial charge in [-0.1, -0.05) is 49.7 Å². The fourth-order valence-electron chi connectivity index (χ4n) is 5.77. The first-order chi connectivity index (χ1) is 16.1. The van der Waals surface area contributed by atoms with Gasteiger partial charge in [0.25, 0.3) is 5.56 Å². The Hall–Kier alpha value is -2.12. The molecule has 33 heavy (non-hydrogen) atoms. The Morgan fingerprint density at radius 1 is 1.18 bits per heavy atom. The number of fused-ring (bicyclic) bond motifs is 4. The van der Waals surface area contributed by atoms with Crippen LogP contribution >= 0.6 is 23.1 Å². The summed E-state index contributed by atoms with van der Waals surface area (Å²) >= 11 is 3.15. The largest absolute Gasteiger partial charge is 0.311 e. The van der Waals surface area contributed by atoms with Crippen molar-refractivity contribution < 1.29 is 4.79 Å². The molecule has 1 aromatic carbocycles. The zero-order valence-electron chi connectivity index (χ0n) is 19.0. The van der Waals surface area contributed by atoms with Crippen LogP contribution in [0.2, 0.25) is 0 Å². The standard InChI is InChI=1S/C26H29N3O2S2/c1-16-10-11-19-21(14-16)33-24-23(19)25(31)29(18-7-3-4-8-18)26(27-24)32-15-22(30)28-13-12-17-6-2-5-9-20(17)28/h2,5-6,9,16,18H,3-4,7-8,10-15H2,1H3. The Morgan fingerprint density at radius 3 is 2.85 bits per heavy atom. The lowest BCUT2D eigenvalue weighted by atomic mass is 9.89. The van der Waals surface area contributed by atoms with E-state index in [1.165, 1.54) is 27.8 Å². The molecule has 0 radical (unpaired) electrons. The van der Waals surface area contributed by atoms with Crippen LogP contribution in [-0.4, -0.2) is 27.8 Å². The lowest BCUT2D eigenvalue weighted by molar-refractivity contribution is -0.116. The molecule has 1 saturated carbocycles. The molecule has 2 aliphatic carbocycles. The Labute approximate surface area is 202 Å². The van der Waals surface area contributed by atoms with E-state index >= 15 is 0 Å². The van der Waals surface area contributed by atoms with E-state index in [4.69, 9.17) is 4.98 Å². The molecule has 0 bridgehead atoms. The average molecular weight is 480 g/mol. The van der Waals surface area contributed by atoms with Crippen LogP contribution in [0.3, 0.4) is 0 Å². The predicted molar refractivity (Wildman–Crippen MR) is 136 cm³/mol. The maximum Gasteiger partial charge on any atom is 0.263 e. The van der Waals surface area contributed by atoms with E-state index in [1.807, 2.05) is 27.7 Å². The van der Waals surface area contributed by atoms with Gasteiger partial charge in [0.05, 0.1) is 11.1 Å². The Balaban J connectivity index is 1.35. The van der Waals surface area contributed by atoms with E-state index in [0.717, 1.165) is 79.0 Å². The maximum absolute atomic E-state index is 13.8. The number of nitrogens with zero attached hydrogens (tertiary/aromatic N) is 3. The molecular weight excluding hydrogens is 450 g/mol. The van der Waals surface area contributed by atoms with Crippen molar-refractivity contribution in [3.63, 3.8) is 0 Å². The summed E-state index contributed by atoms with van der Waals surface area (Å²) in [5.74, 6) is 1.06. The maximum atomic E-state index is 13.8. The summed E-state index contributed by atoms with van der Waals surface area (Å²) in [6, 6.07) is 8.35. The molecule has 1 amide bonds. The van der Waals surface area contributed by atoms with Crippen LogP contribution < -0.4 is 10.5 Å². The van der Waals surface area contributed by atoms with E-state index in [1.54, 1.807) is 11.3 Å². The molecule has 0 spiro atoms. The minimum Gasteiger partial charge on any atom is -0.311 e. The fraction of sp³-hybridized carbons (Fsp3) is 0.500. The van der Waals surface area contributed by atoms with E-state index in [0.29, 0.717) is 11.7 Å². The van der Waals surface area contributed by atoms with E-state index in [9.17, 15) is 9.59 Å². The van der Waals surface area contributed by atoms with Crippen molar-refractivity contribution in [2.45, 2.75) is 69.5 Å². The first kappa shape index (κ1) is 21.4. The van der Waals surface area contributed by atoms with Crippen LogP contribution in [0.4, 0.5) is 5.69 Å². The first-order valence-corrected chi connectivity index (χ1v) is 14.0. The second kappa shape index (κ2) is 8.58. The molecule has 3 heterocycles. The van der Waals surface area contributed by atoms with Crippen LogP contribution in [0, 0.1) is 5.92 Å². The van der Waals surface area contributed by atoms with Gasteiger partial charge in [0.15, 0.2) is 5.16 Å². The van der Waals surface area contributed by atoms with Crippen LogP contribution in [0.5, 0.6) is 0 Å². The third kappa shape index (κ3) is 3.73. The summed E-state index contributed by atoms with van der Waals surface area (Å²) in [4.78, 5) is 36.1. The van der Waals surface area contributed by atoms with Gasteiger partial charge in [-0.2, -0.15) is 0 Å². The molecule has 1 unspecified atom stereocenters. The summed E-state index contributed by atoms with van der Waals surface area (Å²) in [5, 5.41) is 1.59. The van der Waals surface area contributed by atoms with E-state index in [2.05, 4.69) is 13.0 Å². The highest BCUT2D eigenvalue weighted by Gasteiger charge is 2.29. The summed E-state index contributed by atoms with van der Waals surface area (Å²) < 4.78 is 1.95. The molecule has 7 heteroatoms. The van der Waals surface area contributed by atoms with Gasteiger partial charge in [0, 0.05) is 23.2 Å². The number of thioether (sulfide) groups is 1. The molecule has 172 valence electrons. The Kier molecular flexibility index (Phi) is 5.57. The van der Waals surface area contributed by atoms with Gasteiger partial charge in [-0.15, -0.1) is 11.3 Å². The number of hydrogen-bond acceptors (Lipinski definition) is 5. The van der Waals surface area contributed by atoms with Crippen molar-refractivity contribution >= 4 is 44.9 Å².